The highest BCUT2D eigenvalue weighted by Crippen LogP contribution is 2.57. The Labute approximate surface area is 108 Å². The summed E-state index contributed by atoms with van der Waals surface area (Å²) in [7, 11) is 0. The van der Waals surface area contributed by atoms with E-state index in [4.69, 9.17) is 23.2 Å². The van der Waals surface area contributed by atoms with Crippen molar-refractivity contribution in [3.8, 4) is 0 Å². The Morgan fingerprint density at radius 1 is 1.53 bits per heavy atom. The molecule has 1 saturated carbocycles. The van der Waals surface area contributed by atoms with Crippen molar-refractivity contribution < 1.29 is 9.18 Å². The Kier molecular flexibility index (Phi) is 2.56. The molecule has 0 spiro atoms. The zero-order valence-electron chi connectivity index (χ0n) is 8.79. The molecule has 0 saturated heterocycles. The first kappa shape index (κ1) is 11.3. The summed E-state index contributed by atoms with van der Waals surface area (Å²) in [6.07, 6.45) is 0.851. The Morgan fingerprint density at radius 3 is 3.00 bits per heavy atom. The SMILES string of the molecule is O=C(NC1C2Cc3c(Cl)cccc3C21)C(F)Cl. The molecule has 1 N–H and O–H groups in total. The lowest BCUT2D eigenvalue weighted by Crippen LogP contribution is -2.33. The van der Waals surface area contributed by atoms with Gasteiger partial charge in [0.2, 0.25) is 0 Å². The molecule has 1 aromatic rings. The maximum Gasteiger partial charge on any atom is 0.270 e. The molecule has 2 aliphatic rings. The summed E-state index contributed by atoms with van der Waals surface area (Å²) in [5, 5.41) is 3.40. The molecule has 0 aliphatic heterocycles. The maximum atomic E-state index is 12.6. The molecule has 4 atom stereocenters. The zero-order chi connectivity index (χ0) is 12.2. The summed E-state index contributed by atoms with van der Waals surface area (Å²) in [6.45, 7) is 0. The van der Waals surface area contributed by atoms with Crippen molar-refractivity contribution in [1.29, 1.82) is 0 Å². The average Bonchev–Trinajstić information content (AvgIpc) is 2.79. The fourth-order valence-corrected chi connectivity index (χ4v) is 3.14. The van der Waals surface area contributed by atoms with Gasteiger partial charge in [-0.3, -0.25) is 4.79 Å². The zero-order valence-corrected chi connectivity index (χ0v) is 10.3. The van der Waals surface area contributed by atoms with Crippen LogP contribution in [-0.2, 0) is 11.2 Å². The summed E-state index contributed by atoms with van der Waals surface area (Å²) in [5.41, 5.74) is 0.380. The summed E-state index contributed by atoms with van der Waals surface area (Å²) < 4.78 is 12.6. The second-order valence-corrected chi connectivity index (χ2v) is 5.33. The lowest BCUT2D eigenvalue weighted by atomic mass is 10.0. The molecule has 0 aromatic heterocycles. The minimum absolute atomic E-state index is 0.0190. The lowest BCUT2D eigenvalue weighted by molar-refractivity contribution is -0.123. The van der Waals surface area contributed by atoms with Crippen LogP contribution in [-0.4, -0.2) is 17.6 Å². The first-order valence-corrected chi connectivity index (χ1v) is 6.27. The van der Waals surface area contributed by atoms with E-state index in [9.17, 15) is 9.18 Å². The maximum absolute atomic E-state index is 12.6. The molecule has 2 nitrogen and oxygen atoms in total. The fourth-order valence-electron chi connectivity index (χ4n) is 2.81. The van der Waals surface area contributed by atoms with E-state index in [2.05, 4.69) is 5.32 Å². The van der Waals surface area contributed by atoms with Crippen LogP contribution in [0.1, 0.15) is 17.0 Å². The van der Waals surface area contributed by atoms with Crippen LogP contribution in [0.4, 0.5) is 4.39 Å². The van der Waals surface area contributed by atoms with Gasteiger partial charge in [0.15, 0.2) is 0 Å². The van der Waals surface area contributed by atoms with Gasteiger partial charge in [0.25, 0.3) is 11.5 Å². The Bertz CT molecular complexity index is 491. The molecule has 0 heterocycles. The van der Waals surface area contributed by atoms with Crippen LogP contribution >= 0.6 is 23.2 Å². The molecule has 5 heteroatoms. The van der Waals surface area contributed by atoms with E-state index in [0.29, 0.717) is 5.92 Å². The number of hydrogen-bond acceptors (Lipinski definition) is 1. The van der Waals surface area contributed by atoms with E-state index in [1.165, 1.54) is 5.56 Å². The molecule has 1 amide bonds. The number of carbonyl (C=O) groups is 1. The number of rotatable bonds is 2. The van der Waals surface area contributed by atoms with Crippen LogP contribution in [0.15, 0.2) is 18.2 Å². The third-order valence-electron chi connectivity index (χ3n) is 3.63. The monoisotopic (exact) mass is 273 g/mol. The summed E-state index contributed by atoms with van der Waals surface area (Å²) in [4.78, 5) is 11.2. The van der Waals surface area contributed by atoms with Gasteiger partial charge in [0, 0.05) is 17.0 Å². The van der Waals surface area contributed by atoms with Crippen LogP contribution in [0.3, 0.4) is 0 Å². The Balaban J connectivity index is 1.76. The highest BCUT2D eigenvalue weighted by atomic mass is 35.5. The van der Waals surface area contributed by atoms with Crippen molar-refractivity contribution in [2.75, 3.05) is 0 Å². The topological polar surface area (TPSA) is 29.1 Å². The number of fused-ring (bicyclic) bond motifs is 3. The number of amides is 1. The highest BCUT2D eigenvalue weighted by molar-refractivity contribution is 6.31. The number of alkyl halides is 2. The summed E-state index contributed by atoms with van der Waals surface area (Å²) >= 11 is 11.2. The van der Waals surface area contributed by atoms with Crippen LogP contribution in [0.25, 0.3) is 0 Å². The van der Waals surface area contributed by atoms with E-state index in [-0.39, 0.29) is 12.0 Å². The first-order chi connectivity index (χ1) is 8.09. The van der Waals surface area contributed by atoms with Gasteiger partial charge < -0.3 is 5.32 Å². The van der Waals surface area contributed by atoms with Crippen LogP contribution in [0.5, 0.6) is 0 Å². The summed E-state index contributed by atoms with van der Waals surface area (Å²) in [5.74, 6) is -0.109. The molecule has 3 rings (SSSR count). The number of hydrogen-bond donors (Lipinski definition) is 1. The Morgan fingerprint density at radius 2 is 2.29 bits per heavy atom. The standard InChI is InChI=1S/C12H10Cl2FNO/c13-8-3-1-2-5-6(8)4-7-9(5)10(7)16-12(17)11(14)15/h1-3,7,9-11H,4H2,(H,16,17). The van der Waals surface area contributed by atoms with Gasteiger partial charge in [-0.15, -0.1) is 0 Å². The predicted octanol–water partition coefficient (Wildman–Crippen LogP) is 2.63. The smallest absolute Gasteiger partial charge is 0.270 e. The van der Waals surface area contributed by atoms with Gasteiger partial charge in [0.1, 0.15) is 0 Å². The van der Waals surface area contributed by atoms with Gasteiger partial charge in [-0.1, -0.05) is 35.3 Å². The van der Waals surface area contributed by atoms with Crippen molar-refractivity contribution in [2.45, 2.75) is 24.0 Å². The number of halogens is 3. The lowest BCUT2D eigenvalue weighted by Gasteiger charge is -2.10. The molecule has 1 fully saturated rings. The Hall–Kier alpha value is -0.800. The number of nitrogens with one attached hydrogen (secondary N) is 1. The van der Waals surface area contributed by atoms with Crippen molar-refractivity contribution in [1.82, 2.24) is 5.32 Å². The van der Waals surface area contributed by atoms with Gasteiger partial charge in [-0.05, 0) is 29.5 Å². The minimum atomic E-state index is -1.96. The first-order valence-electron chi connectivity index (χ1n) is 5.45. The van der Waals surface area contributed by atoms with Crippen LogP contribution in [0, 0.1) is 5.92 Å². The third kappa shape index (κ3) is 1.72. The second-order valence-electron chi connectivity index (χ2n) is 4.54. The van der Waals surface area contributed by atoms with Gasteiger partial charge in [0.05, 0.1) is 0 Å². The molecule has 4 unspecified atom stereocenters. The molecule has 1 aromatic carbocycles. The second kappa shape index (κ2) is 3.85. The predicted molar refractivity (Wildman–Crippen MR) is 64.1 cm³/mol. The van der Waals surface area contributed by atoms with Crippen molar-refractivity contribution in [2.24, 2.45) is 5.92 Å². The van der Waals surface area contributed by atoms with Crippen molar-refractivity contribution in [3.63, 3.8) is 0 Å². The summed E-state index contributed by atoms with van der Waals surface area (Å²) in [6, 6.07) is 5.81. The van der Waals surface area contributed by atoms with E-state index in [0.717, 1.165) is 17.0 Å². The largest absolute Gasteiger partial charge is 0.349 e. The van der Waals surface area contributed by atoms with Crippen LogP contribution in [0.2, 0.25) is 5.02 Å². The fraction of sp³-hybridized carbons (Fsp3) is 0.417. The minimum Gasteiger partial charge on any atom is -0.349 e. The number of benzene rings is 1. The molecule has 17 heavy (non-hydrogen) atoms. The molecule has 0 radical (unpaired) electrons. The van der Waals surface area contributed by atoms with Crippen molar-refractivity contribution >= 4 is 29.1 Å². The van der Waals surface area contributed by atoms with Crippen molar-refractivity contribution in [3.05, 3.63) is 34.3 Å². The van der Waals surface area contributed by atoms with Gasteiger partial charge >= 0.3 is 0 Å². The van der Waals surface area contributed by atoms with Crippen LogP contribution < -0.4 is 5.32 Å². The normalized spacial score (nSPS) is 30.4. The third-order valence-corrected chi connectivity index (χ3v) is 4.18. The van der Waals surface area contributed by atoms with E-state index in [1.807, 2.05) is 18.2 Å². The number of carbonyl (C=O) groups excluding carboxylic acids is 1. The molecular weight excluding hydrogens is 264 g/mol. The molecule has 90 valence electrons. The van der Waals surface area contributed by atoms with Gasteiger partial charge in [-0.25, -0.2) is 4.39 Å². The highest BCUT2D eigenvalue weighted by Gasteiger charge is 2.57. The molecule has 2 aliphatic carbocycles. The van der Waals surface area contributed by atoms with E-state index in [1.54, 1.807) is 0 Å². The quantitative estimate of drug-likeness (QED) is 0.825. The molecule has 0 bridgehead atoms. The average molecular weight is 274 g/mol. The van der Waals surface area contributed by atoms with E-state index >= 15 is 0 Å². The van der Waals surface area contributed by atoms with Gasteiger partial charge in [-0.2, -0.15) is 0 Å². The van der Waals surface area contributed by atoms with E-state index < -0.39 is 11.5 Å². The molecular formula is C12H10Cl2FNO.